The molecule has 3 N–H and O–H groups in total. The van der Waals surface area contributed by atoms with Gasteiger partial charge in [0, 0.05) is 19.1 Å². The summed E-state index contributed by atoms with van der Waals surface area (Å²) in [5.74, 6) is -2.02. The molecule has 0 radical (unpaired) electrons. The number of hydrogen-bond donors (Lipinski definition) is 3. The van der Waals surface area contributed by atoms with Gasteiger partial charge < -0.3 is 20.5 Å². The summed E-state index contributed by atoms with van der Waals surface area (Å²) in [4.78, 5) is 43.6. The Labute approximate surface area is 180 Å². The van der Waals surface area contributed by atoms with Gasteiger partial charge in [0.1, 0.15) is 23.5 Å². The van der Waals surface area contributed by atoms with Crippen molar-refractivity contribution in [3.63, 3.8) is 0 Å². The van der Waals surface area contributed by atoms with Crippen LogP contribution in [0.25, 0.3) is 0 Å². The van der Waals surface area contributed by atoms with Crippen LogP contribution in [0.2, 0.25) is 0 Å². The Morgan fingerprint density at radius 3 is 2.29 bits per heavy atom. The lowest BCUT2D eigenvalue weighted by atomic mass is 10.1. The van der Waals surface area contributed by atoms with Crippen molar-refractivity contribution in [2.45, 2.75) is 13.0 Å². The molecule has 2 aromatic carbocycles. The number of nitrogens with one attached hydrogen (secondary N) is 2. The maximum atomic E-state index is 12.6. The molecule has 1 aromatic heterocycles. The summed E-state index contributed by atoms with van der Waals surface area (Å²) in [5, 5.41) is 13.8. The van der Waals surface area contributed by atoms with Crippen LogP contribution >= 0.6 is 0 Å². The van der Waals surface area contributed by atoms with E-state index in [1.54, 1.807) is 24.3 Å². The first-order valence-electron chi connectivity index (χ1n) is 10.1. The van der Waals surface area contributed by atoms with E-state index in [-0.39, 0.29) is 29.1 Å². The van der Waals surface area contributed by atoms with Gasteiger partial charge in [0.2, 0.25) is 0 Å². The molecule has 0 aliphatic rings. The average molecular weight is 422 g/mol. The van der Waals surface area contributed by atoms with Crippen LogP contribution in [-0.2, 0) is 13.0 Å². The van der Waals surface area contributed by atoms with E-state index in [0.29, 0.717) is 11.3 Å². The van der Waals surface area contributed by atoms with Gasteiger partial charge in [-0.15, -0.1) is 0 Å². The Kier molecular flexibility index (Phi) is 6.03. The van der Waals surface area contributed by atoms with E-state index in [1.807, 2.05) is 0 Å². The third kappa shape index (κ3) is 5.86. The molecule has 31 heavy (non-hydrogen) atoms. The van der Waals surface area contributed by atoms with Crippen molar-refractivity contribution in [2.75, 3.05) is 7.11 Å². The van der Waals surface area contributed by atoms with Crippen LogP contribution < -0.4 is 15.4 Å². The minimum absolute atomic E-state index is 0.0840. The number of aromatic carboxylic acids is 1. The monoisotopic (exact) mass is 422 g/mol. The first-order chi connectivity index (χ1) is 15.7. The van der Waals surface area contributed by atoms with E-state index in [2.05, 4.69) is 20.6 Å². The largest absolute Gasteiger partial charge is 0.497 e. The predicted octanol–water partition coefficient (Wildman–Crippen LogP) is 2.04. The highest BCUT2D eigenvalue weighted by atomic mass is 16.5. The van der Waals surface area contributed by atoms with E-state index in [9.17, 15) is 14.4 Å². The number of carbonyl (C=O) groups excluding carboxylic acids is 2. The molecule has 2 amide bonds. The first-order valence-corrected chi connectivity index (χ1v) is 9.09. The third-order valence-electron chi connectivity index (χ3n) is 4.18. The van der Waals surface area contributed by atoms with Gasteiger partial charge in [0.15, 0.2) is 0 Å². The fraction of sp³-hybridized carbons (Fsp3) is 0.136. The van der Waals surface area contributed by atoms with Crippen LogP contribution in [0.1, 0.15) is 45.2 Å². The summed E-state index contributed by atoms with van der Waals surface area (Å²) in [5.41, 5.74) is 0.709. The summed E-state index contributed by atoms with van der Waals surface area (Å²) in [6.07, 6.45) is 1.03. The molecule has 9 heteroatoms. The molecule has 0 spiro atoms. The van der Waals surface area contributed by atoms with Gasteiger partial charge in [-0.25, -0.2) is 14.8 Å². The minimum Gasteiger partial charge on any atom is -0.497 e. The summed E-state index contributed by atoms with van der Waals surface area (Å²) >= 11 is 0. The minimum atomic E-state index is -2.22. The van der Waals surface area contributed by atoms with Crippen LogP contribution in [0.3, 0.4) is 0 Å². The van der Waals surface area contributed by atoms with E-state index >= 15 is 0 Å². The Morgan fingerprint density at radius 1 is 0.968 bits per heavy atom. The Bertz CT molecular complexity index is 1190. The second-order valence-corrected chi connectivity index (χ2v) is 6.28. The number of ether oxygens (including phenoxy) is 1. The van der Waals surface area contributed by atoms with E-state index in [4.69, 9.17) is 12.6 Å². The van der Waals surface area contributed by atoms with E-state index in [0.717, 1.165) is 12.4 Å². The van der Waals surface area contributed by atoms with Crippen molar-refractivity contribution in [1.82, 2.24) is 20.6 Å². The molecule has 0 bridgehead atoms. The zero-order chi connectivity index (χ0) is 24.0. The van der Waals surface area contributed by atoms with Gasteiger partial charge in [-0.2, -0.15) is 0 Å². The van der Waals surface area contributed by atoms with Crippen LogP contribution in [0.4, 0.5) is 0 Å². The predicted molar refractivity (Wildman–Crippen MR) is 111 cm³/mol. The molecule has 0 atom stereocenters. The van der Waals surface area contributed by atoms with Crippen LogP contribution in [0.5, 0.6) is 5.75 Å². The highest BCUT2D eigenvalue weighted by molar-refractivity contribution is 5.97. The first kappa shape index (κ1) is 18.7. The number of carbonyl (C=O) groups is 3. The SMILES string of the molecule is [2H]C([2H])(NC(=O)c1cc(C(=O)NCc2ccc(C(=O)O)cc2)ncn1)c1cccc(OC)c1. The van der Waals surface area contributed by atoms with Crippen molar-refractivity contribution in [3.05, 3.63) is 89.0 Å². The van der Waals surface area contributed by atoms with Gasteiger partial charge in [-0.3, -0.25) is 9.59 Å². The van der Waals surface area contributed by atoms with Crippen molar-refractivity contribution >= 4 is 17.8 Å². The Balaban J connectivity index is 1.67. The molecule has 1 heterocycles. The number of nitrogens with zero attached hydrogens (tertiary/aromatic N) is 2. The number of methoxy groups -OCH3 is 1. The summed E-state index contributed by atoms with van der Waals surface area (Å²) < 4.78 is 21.4. The molecule has 0 fully saturated rings. The zero-order valence-electron chi connectivity index (χ0n) is 18.5. The van der Waals surface area contributed by atoms with Gasteiger partial charge in [0.25, 0.3) is 11.8 Å². The number of benzene rings is 2. The molecule has 0 aliphatic carbocycles. The molecule has 0 saturated heterocycles. The zero-order valence-corrected chi connectivity index (χ0v) is 16.5. The van der Waals surface area contributed by atoms with Crippen LogP contribution in [-0.4, -0.2) is 40.0 Å². The Morgan fingerprint density at radius 2 is 1.65 bits per heavy atom. The summed E-state index contributed by atoms with van der Waals surface area (Å²) in [7, 11) is 1.45. The fourth-order valence-electron chi connectivity index (χ4n) is 2.54. The lowest BCUT2D eigenvalue weighted by Gasteiger charge is -2.08. The fourth-order valence-corrected chi connectivity index (χ4v) is 2.54. The molecule has 0 unspecified atom stereocenters. The molecule has 0 aliphatic heterocycles. The second-order valence-electron chi connectivity index (χ2n) is 6.28. The number of hydrogen-bond acceptors (Lipinski definition) is 6. The van der Waals surface area contributed by atoms with Crippen molar-refractivity contribution in [1.29, 1.82) is 0 Å². The molecule has 9 nitrogen and oxygen atoms in total. The quantitative estimate of drug-likeness (QED) is 0.506. The van der Waals surface area contributed by atoms with Crippen molar-refractivity contribution < 1.29 is 27.0 Å². The topological polar surface area (TPSA) is 131 Å². The van der Waals surface area contributed by atoms with Crippen LogP contribution in [0.15, 0.2) is 60.9 Å². The van der Waals surface area contributed by atoms with Crippen molar-refractivity contribution in [2.24, 2.45) is 0 Å². The third-order valence-corrected chi connectivity index (χ3v) is 4.18. The molecule has 3 aromatic rings. The number of carboxylic acid groups (broad SMARTS) is 1. The molecule has 3 rings (SSSR count). The summed E-state index contributed by atoms with van der Waals surface area (Å²) in [6, 6.07) is 13.4. The van der Waals surface area contributed by atoms with E-state index in [1.165, 1.54) is 31.4 Å². The highest BCUT2D eigenvalue weighted by Gasteiger charge is 2.13. The average Bonchev–Trinajstić information content (AvgIpc) is 2.82. The summed E-state index contributed by atoms with van der Waals surface area (Å²) in [6.45, 7) is -2.11. The highest BCUT2D eigenvalue weighted by Crippen LogP contribution is 2.12. The maximum Gasteiger partial charge on any atom is 0.335 e. The van der Waals surface area contributed by atoms with Gasteiger partial charge in [-0.1, -0.05) is 24.3 Å². The lowest BCUT2D eigenvalue weighted by molar-refractivity contribution is 0.0696. The van der Waals surface area contributed by atoms with Gasteiger partial charge >= 0.3 is 5.97 Å². The molecule has 158 valence electrons. The van der Waals surface area contributed by atoms with Gasteiger partial charge in [-0.05, 0) is 35.4 Å². The smallest absolute Gasteiger partial charge is 0.335 e. The lowest BCUT2D eigenvalue weighted by Crippen LogP contribution is -2.27. The Hall–Kier alpha value is -4.27. The molecule has 0 saturated carbocycles. The number of rotatable bonds is 8. The standard InChI is InChI=1S/C22H20N4O5/c1-31-17-4-2-3-15(9-17)12-24-21(28)19-10-18(25-13-26-19)20(27)23-11-14-5-7-16(8-6-14)22(29)30/h2-10,13H,11-12H2,1H3,(H,23,27)(H,24,28)(H,29,30)/i12D2. The van der Waals surface area contributed by atoms with Crippen molar-refractivity contribution in [3.8, 4) is 5.75 Å². The second kappa shape index (κ2) is 9.97. The maximum absolute atomic E-state index is 12.6. The molecular weight excluding hydrogens is 400 g/mol. The van der Waals surface area contributed by atoms with E-state index < -0.39 is 24.3 Å². The van der Waals surface area contributed by atoms with Crippen LogP contribution in [0, 0.1) is 0 Å². The molecular formula is C22H20N4O5. The number of carboxylic acids is 1. The van der Waals surface area contributed by atoms with Gasteiger partial charge in [0.05, 0.1) is 15.4 Å². The number of amides is 2. The number of aromatic nitrogens is 2. The normalized spacial score (nSPS) is 11.6.